The van der Waals surface area contributed by atoms with Crippen LogP contribution in [-0.2, 0) is 24.3 Å². The number of nitro benzene ring substituents is 1. The molecule has 1 aromatic heterocycles. The first kappa shape index (κ1) is 17.6. The summed E-state index contributed by atoms with van der Waals surface area (Å²) in [5.41, 5.74) is 0.470. The minimum absolute atomic E-state index is 0.00410. The van der Waals surface area contributed by atoms with Crippen molar-refractivity contribution in [1.82, 2.24) is 25.0 Å². The molecule has 27 heavy (non-hydrogen) atoms. The number of carbonyl (C=O) groups excluding carboxylic acids is 1. The molecular formula is C18H22N6O3. The first-order chi connectivity index (χ1) is 13.1. The molecule has 1 aromatic carbocycles. The maximum Gasteiger partial charge on any atom is 0.273 e. The van der Waals surface area contributed by atoms with E-state index < -0.39 is 4.92 Å². The molecule has 9 nitrogen and oxygen atoms in total. The summed E-state index contributed by atoms with van der Waals surface area (Å²) in [5.74, 6) is 2.25. The fourth-order valence-corrected chi connectivity index (χ4v) is 3.92. The average molecular weight is 370 g/mol. The molecule has 9 heteroatoms. The van der Waals surface area contributed by atoms with E-state index in [-0.39, 0.29) is 18.0 Å². The number of aromatic nitrogens is 3. The molecule has 1 saturated heterocycles. The Hall–Kier alpha value is -2.81. The minimum atomic E-state index is -0.432. The van der Waals surface area contributed by atoms with Gasteiger partial charge in [0.15, 0.2) is 0 Å². The van der Waals surface area contributed by atoms with Crippen LogP contribution < -0.4 is 5.32 Å². The standard InChI is InChI=1S/C18H22N6O3/c25-17(11-14-3-1-2-4-15(14)24(26)27)22-8-5-13(6-9-22)18-21-20-16-12-19-7-10-23(16)18/h1-4,13,19H,5-12H2. The van der Waals surface area contributed by atoms with Crippen LogP contribution >= 0.6 is 0 Å². The van der Waals surface area contributed by atoms with Gasteiger partial charge >= 0.3 is 0 Å². The highest BCUT2D eigenvalue weighted by molar-refractivity contribution is 5.80. The van der Waals surface area contributed by atoms with Crippen molar-refractivity contribution < 1.29 is 9.72 Å². The van der Waals surface area contributed by atoms with Crippen molar-refractivity contribution in [2.24, 2.45) is 0 Å². The number of nitro groups is 1. The predicted octanol–water partition coefficient (Wildman–Crippen LogP) is 1.24. The fourth-order valence-electron chi connectivity index (χ4n) is 3.92. The highest BCUT2D eigenvalue weighted by Crippen LogP contribution is 2.28. The number of fused-ring (bicyclic) bond motifs is 1. The Labute approximate surface area is 156 Å². The van der Waals surface area contributed by atoms with Gasteiger partial charge in [0.2, 0.25) is 5.91 Å². The number of hydrogen-bond donors (Lipinski definition) is 1. The molecule has 0 unspecified atom stereocenters. The Kier molecular flexibility index (Phi) is 4.85. The zero-order chi connectivity index (χ0) is 18.8. The maximum absolute atomic E-state index is 12.6. The second-order valence-electron chi connectivity index (χ2n) is 7.02. The normalized spacial score (nSPS) is 17.6. The number of nitrogens with one attached hydrogen (secondary N) is 1. The monoisotopic (exact) mass is 370 g/mol. The van der Waals surface area contributed by atoms with Crippen LogP contribution in [0.25, 0.3) is 0 Å². The van der Waals surface area contributed by atoms with Crippen molar-refractivity contribution in [3.05, 3.63) is 51.6 Å². The lowest BCUT2D eigenvalue weighted by atomic mass is 9.95. The highest BCUT2D eigenvalue weighted by Gasteiger charge is 2.29. The van der Waals surface area contributed by atoms with Crippen LogP contribution in [0.1, 0.15) is 36.0 Å². The number of rotatable bonds is 4. The number of benzene rings is 1. The first-order valence-electron chi connectivity index (χ1n) is 9.26. The van der Waals surface area contributed by atoms with Gasteiger partial charge in [0.05, 0.1) is 17.9 Å². The van der Waals surface area contributed by atoms with Gasteiger partial charge in [0, 0.05) is 43.7 Å². The third kappa shape index (κ3) is 3.55. The van der Waals surface area contributed by atoms with Crippen molar-refractivity contribution >= 4 is 11.6 Å². The maximum atomic E-state index is 12.6. The van der Waals surface area contributed by atoms with E-state index in [0.29, 0.717) is 24.6 Å². The summed E-state index contributed by atoms with van der Waals surface area (Å²) in [6.07, 6.45) is 1.75. The number of likely N-dealkylation sites (tertiary alicyclic amines) is 1. The molecule has 4 rings (SSSR count). The molecule has 1 amide bonds. The van der Waals surface area contributed by atoms with Crippen molar-refractivity contribution in [3.63, 3.8) is 0 Å². The van der Waals surface area contributed by atoms with Crippen molar-refractivity contribution in [3.8, 4) is 0 Å². The number of hydrogen-bond acceptors (Lipinski definition) is 6. The van der Waals surface area contributed by atoms with Crippen LogP contribution in [0.5, 0.6) is 0 Å². The molecule has 2 aromatic rings. The smallest absolute Gasteiger partial charge is 0.273 e. The lowest BCUT2D eigenvalue weighted by Gasteiger charge is -2.32. The van der Waals surface area contributed by atoms with Gasteiger partial charge in [-0.3, -0.25) is 14.9 Å². The summed E-state index contributed by atoms with van der Waals surface area (Å²) in [7, 11) is 0. The van der Waals surface area contributed by atoms with Gasteiger partial charge in [0.1, 0.15) is 11.6 Å². The molecule has 2 aliphatic rings. The summed E-state index contributed by atoms with van der Waals surface area (Å²) in [6, 6.07) is 6.44. The second-order valence-corrected chi connectivity index (χ2v) is 7.02. The van der Waals surface area contributed by atoms with E-state index in [1.54, 1.807) is 18.2 Å². The van der Waals surface area contributed by atoms with E-state index in [0.717, 1.165) is 44.1 Å². The van der Waals surface area contributed by atoms with Crippen LogP contribution in [0.15, 0.2) is 24.3 Å². The molecule has 0 radical (unpaired) electrons. The number of carbonyl (C=O) groups is 1. The SMILES string of the molecule is O=C(Cc1ccccc1[N+](=O)[O-])N1CCC(c2nnc3n2CCNC3)CC1. The predicted molar refractivity (Wildman–Crippen MR) is 97.1 cm³/mol. The lowest BCUT2D eigenvalue weighted by molar-refractivity contribution is -0.385. The number of amides is 1. The van der Waals surface area contributed by atoms with Crippen LogP contribution in [0.2, 0.25) is 0 Å². The molecule has 1 N–H and O–H groups in total. The number of nitrogens with zero attached hydrogens (tertiary/aromatic N) is 5. The average Bonchev–Trinajstić information content (AvgIpc) is 3.12. The Morgan fingerprint density at radius 3 is 2.78 bits per heavy atom. The summed E-state index contributed by atoms with van der Waals surface area (Å²) >= 11 is 0. The Balaban J connectivity index is 1.39. The van der Waals surface area contributed by atoms with Gasteiger partial charge in [0.25, 0.3) is 5.69 Å². The van der Waals surface area contributed by atoms with Crippen molar-refractivity contribution in [2.45, 2.75) is 38.3 Å². The van der Waals surface area contributed by atoms with Gasteiger partial charge < -0.3 is 14.8 Å². The minimum Gasteiger partial charge on any atom is -0.342 e. The fraction of sp³-hybridized carbons (Fsp3) is 0.500. The zero-order valence-corrected chi connectivity index (χ0v) is 15.0. The lowest BCUT2D eigenvalue weighted by Crippen LogP contribution is -2.39. The van der Waals surface area contributed by atoms with E-state index in [1.807, 2.05) is 4.90 Å². The van der Waals surface area contributed by atoms with E-state index in [4.69, 9.17) is 0 Å². The summed E-state index contributed by atoms with van der Waals surface area (Å²) in [5, 5.41) is 23.1. The van der Waals surface area contributed by atoms with Crippen LogP contribution in [0.3, 0.4) is 0 Å². The third-order valence-electron chi connectivity index (χ3n) is 5.39. The van der Waals surface area contributed by atoms with Crippen LogP contribution in [0.4, 0.5) is 5.69 Å². The Morgan fingerprint density at radius 1 is 1.22 bits per heavy atom. The zero-order valence-electron chi connectivity index (χ0n) is 15.0. The first-order valence-corrected chi connectivity index (χ1v) is 9.26. The van der Waals surface area contributed by atoms with Gasteiger partial charge in [-0.05, 0) is 12.8 Å². The Morgan fingerprint density at radius 2 is 2.00 bits per heavy atom. The molecular weight excluding hydrogens is 348 g/mol. The van der Waals surface area contributed by atoms with Gasteiger partial charge in [-0.15, -0.1) is 10.2 Å². The quantitative estimate of drug-likeness (QED) is 0.641. The molecule has 0 saturated carbocycles. The summed E-state index contributed by atoms with van der Waals surface area (Å²) < 4.78 is 2.20. The largest absolute Gasteiger partial charge is 0.342 e. The molecule has 2 aliphatic heterocycles. The molecule has 142 valence electrons. The van der Waals surface area contributed by atoms with Crippen molar-refractivity contribution in [2.75, 3.05) is 19.6 Å². The van der Waals surface area contributed by atoms with Gasteiger partial charge in [-0.1, -0.05) is 18.2 Å². The van der Waals surface area contributed by atoms with Gasteiger partial charge in [-0.25, -0.2) is 0 Å². The third-order valence-corrected chi connectivity index (χ3v) is 5.39. The second kappa shape index (κ2) is 7.43. The molecule has 0 spiro atoms. The van der Waals surface area contributed by atoms with Crippen molar-refractivity contribution in [1.29, 1.82) is 0 Å². The van der Waals surface area contributed by atoms with E-state index in [2.05, 4.69) is 20.1 Å². The van der Waals surface area contributed by atoms with E-state index >= 15 is 0 Å². The molecule has 3 heterocycles. The summed E-state index contributed by atoms with van der Waals surface area (Å²) in [6.45, 7) is 3.84. The number of para-hydroxylation sites is 1. The van der Waals surface area contributed by atoms with Crippen LogP contribution in [-0.4, -0.2) is 50.1 Å². The molecule has 0 aliphatic carbocycles. The molecule has 0 bridgehead atoms. The van der Waals surface area contributed by atoms with E-state index in [9.17, 15) is 14.9 Å². The van der Waals surface area contributed by atoms with E-state index in [1.165, 1.54) is 6.07 Å². The topological polar surface area (TPSA) is 106 Å². The molecule has 0 atom stereocenters. The van der Waals surface area contributed by atoms with Crippen LogP contribution in [0, 0.1) is 10.1 Å². The highest BCUT2D eigenvalue weighted by atomic mass is 16.6. The molecule has 1 fully saturated rings. The summed E-state index contributed by atoms with van der Waals surface area (Å²) in [4.78, 5) is 25.1. The number of piperidine rings is 1. The van der Waals surface area contributed by atoms with Gasteiger partial charge in [-0.2, -0.15) is 0 Å². The Bertz CT molecular complexity index is 857.